The first kappa shape index (κ1) is 11.8. The second-order valence-electron chi connectivity index (χ2n) is 3.85. The first-order valence-electron chi connectivity index (χ1n) is 5.66. The third kappa shape index (κ3) is 2.54. The monoisotopic (exact) mass is 227 g/mol. The third-order valence-electron chi connectivity index (χ3n) is 2.78. The molecule has 0 aromatic heterocycles. The van der Waals surface area contributed by atoms with Crippen molar-refractivity contribution in [3.8, 4) is 11.1 Å². The molecule has 0 aliphatic heterocycles. The first-order valence-corrected chi connectivity index (χ1v) is 5.66. The zero-order valence-electron chi connectivity index (χ0n) is 9.56. The van der Waals surface area contributed by atoms with Crippen LogP contribution >= 0.6 is 0 Å². The smallest absolute Gasteiger partial charge is 0.0687 e. The van der Waals surface area contributed by atoms with Gasteiger partial charge in [-0.15, -0.1) is 0 Å². The predicted octanol–water partition coefficient (Wildman–Crippen LogP) is 2.18. The van der Waals surface area contributed by atoms with Gasteiger partial charge in [-0.25, -0.2) is 0 Å². The zero-order valence-corrected chi connectivity index (χ0v) is 9.56. The maximum absolute atomic E-state index is 9.34. The molecular weight excluding hydrogens is 212 g/mol. The maximum atomic E-state index is 9.34. The summed E-state index contributed by atoms with van der Waals surface area (Å²) in [5, 5.41) is 18.4. The van der Waals surface area contributed by atoms with Crippen LogP contribution < -0.4 is 0 Å². The van der Waals surface area contributed by atoms with Crippen molar-refractivity contribution in [3.63, 3.8) is 0 Å². The molecular formula is C15H15O2. The van der Waals surface area contributed by atoms with Crippen LogP contribution in [-0.4, -0.2) is 16.8 Å². The van der Waals surface area contributed by atoms with Crippen LogP contribution in [-0.2, 0) is 13.0 Å². The Labute approximate surface area is 101 Å². The SMILES string of the molecule is OCCc1[c]cccc1-c1ccccc1CO. The highest BCUT2D eigenvalue weighted by Gasteiger charge is 2.07. The summed E-state index contributed by atoms with van der Waals surface area (Å²) < 4.78 is 0. The Bertz CT molecular complexity index is 492. The standard InChI is InChI=1S/C15H15O2/c16-10-9-12-5-1-3-7-14(12)15-8-4-2-6-13(15)11-17/h1-4,6-8,16-17H,9-11H2. The van der Waals surface area contributed by atoms with Crippen LogP contribution in [0.2, 0.25) is 0 Å². The lowest BCUT2D eigenvalue weighted by Gasteiger charge is -2.11. The molecule has 0 bridgehead atoms. The van der Waals surface area contributed by atoms with E-state index < -0.39 is 0 Å². The van der Waals surface area contributed by atoms with Crippen LogP contribution in [0.4, 0.5) is 0 Å². The molecule has 0 unspecified atom stereocenters. The van der Waals surface area contributed by atoms with Gasteiger partial charge < -0.3 is 10.2 Å². The van der Waals surface area contributed by atoms with Crippen molar-refractivity contribution < 1.29 is 10.2 Å². The summed E-state index contributed by atoms with van der Waals surface area (Å²) in [5.74, 6) is 0. The summed E-state index contributed by atoms with van der Waals surface area (Å²) >= 11 is 0. The highest BCUT2D eigenvalue weighted by atomic mass is 16.3. The molecule has 2 aromatic rings. The van der Waals surface area contributed by atoms with E-state index in [1.54, 1.807) is 0 Å². The summed E-state index contributed by atoms with van der Waals surface area (Å²) in [6.45, 7) is 0.123. The molecule has 0 saturated carbocycles. The number of hydrogen-bond donors (Lipinski definition) is 2. The molecule has 2 N–H and O–H groups in total. The number of aliphatic hydroxyl groups excluding tert-OH is 2. The Kier molecular flexibility index (Phi) is 3.91. The van der Waals surface area contributed by atoms with Gasteiger partial charge in [-0.05, 0) is 34.7 Å². The maximum Gasteiger partial charge on any atom is 0.0687 e. The van der Waals surface area contributed by atoms with Crippen LogP contribution in [0.3, 0.4) is 0 Å². The lowest BCUT2D eigenvalue weighted by Crippen LogP contribution is -1.96. The molecule has 1 radical (unpaired) electrons. The van der Waals surface area contributed by atoms with Gasteiger partial charge in [-0.1, -0.05) is 42.5 Å². The topological polar surface area (TPSA) is 40.5 Å². The molecule has 0 amide bonds. The molecule has 0 spiro atoms. The average Bonchev–Trinajstić information content (AvgIpc) is 2.40. The van der Waals surface area contributed by atoms with E-state index in [1.807, 2.05) is 42.5 Å². The van der Waals surface area contributed by atoms with Gasteiger partial charge in [0.1, 0.15) is 0 Å². The van der Waals surface area contributed by atoms with E-state index in [1.165, 1.54) is 0 Å². The van der Waals surface area contributed by atoms with Crippen LogP contribution in [0.5, 0.6) is 0 Å². The van der Waals surface area contributed by atoms with E-state index in [0.29, 0.717) is 6.42 Å². The molecule has 2 aromatic carbocycles. The minimum atomic E-state index is 0.0175. The van der Waals surface area contributed by atoms with E-state index in [4.69, 9.17) is 5.11 Å². The van der Waals surface area contributed by atoms with E-state index in [0.717, 1.165) is 22.3 Å². The molecule has 0 fully saturated rings. The number of rotatable bonds is 4. The van der Waals surface area contributed by atoms with Crippen LogP contribution in [0.15, 0.2) is 42.5 Å². The van der Waals surface area contributed by atoms with Crippen molar-refractivity contribution in [1.29, 1.82) is 0 Å². The number of aliphatic hydroxyl groups is 2. The van der Waals surface area contributed by atoms with Gasteiger partial charge in [0.2, 0.25) is 0 Å². The Morgan fingerprint density at radius 3 is 2.47 bits per heavy atom. The van der Waals surface area contributed by atoms with Crippen LogP contribution in [0, 0.1) is 6.07 Å². The lowest BCUT2D eigenvalue weighted by molar-refractivity contribution is 0.282. The zero-order chi connectivity index (χ0) is 12.1. The Hall–Kier alpha value is -1.64. The molecule has 17 heavy (non-hydrogen) atoms. The fraction of sp³-hybridized carbons (Fsp3) is 0.200. The van der Waals surface area contributed by atoms with E-state index in [-0.39, 0.29) is 13.2 Å². The Morgan fingerprint density at radius 1 is 0.941 bits per heavy atom. The quantitative estimate of drug-likeness (QED) is 0.840. The van der Waals surface area contributed by atoms with Crippen LogP contribution in [0.25, 0.3) is 11.1 Å². The van der Waals surface area contributed by atoms with Crippen molar-refractivity contribution in [2.75, 3.05) is 6.61 Å². The Morgan fingerprint density at radius 2 is 1.71 bits per heavy atom. The van der Waals surface area contributed by atoms with Crippen molar-refractivity contribution in [2.45, 2.75) is 13.0 Å². The van der Waals surface area contributed by atoms with Crippen molar-refractivity contribution in [2.24, 2.45) is 0 Å². The summed E-state index contributed by atoms with van der Waals surface area (Å²) in [4.78, 5) is 0. The van der Waals surface area contributed by atoms with Gasteiger partial charge in [-0.3, -0.25) is 0 Å². The average molecular weight is 227 g/mol. The van der Waals surface area contributed by atoms with Gasteiger partial charge in [0.25, 0.3) is 0 Å². The second kappa shape index (κ2) is 5.62. The molecule has 0 saturated heterocycles. The van der Waals surface area contributed by atoms with E-state index >= 15 is 0 Å². The molecule has 0 heterocycles. The number of hydrogen-bond acceptors (Lipinski definition) is 2. The van der Waals surface area contributed by atoms with Gasteiger partial charge in [0, 0.05) is 6.61 Å². The normalized spacial score (nSPS) is 10.5. The van der Waals surface area contributed by atoms with Crippen LogP contribution in [0.1, 0.15) is 11.1 Å². The molecule has 87 valence electrons. The minimum Gasteiger partial charge on any atom is -0.396 e. The minimum absolute atomic E-state index is 0.0175. The molecule has 0 aliphatic rings. The lowest BCUT2D eigenvalue weighted by atomic mass is 9.94. The molecule has 0 aliphatic carbocycles. The van der Waals surface area contributed by atoms with E-state index in [2.05, 4.69) is 6.07 Å². The highest BCUT2D eigenvalue weighted by molar-refractivity contribution is 5.70. The van der Waals surface area contributed by atoms with Gasteiger partial charge in [-0.2, -0.15) is 0 Å². The molecule has 2 rings (SSSR count). The molecule has 0 atom stereocenters. The fourth-order valence-corrected chi connectivity index (χ4v) is 1.96. The van der Waals surface area contributed by atoms with E-state index in [9.17, 15) is 5.11 Å². The third-order valence-corrected chi connectivity index (χ3v) is 2.78. The largest absolute Gasteiger partial charge is 0.396 e. The summed E-state index contributed by atoms with van der Waals surface area (Å²) in [6, 6.07) is 16.7. The summed E-state index contributed by atoms with van der Waals surface area (Å²) in [7, 11) is 0. The van der Waals surface area contributed by atoms with Crippen molar-refractivity contribution >= 4 is 0 Å². The van der Waals surface area contributed by atoms with Gasteiger partial charge >= 0.3 is 0 Å². The highest BCUT2D eigenvalue weighted by Crippen LogP contribution is 2.27. The fourth-order valence-electron chi connectivity index (χ4n) is 1.96. The Balaban J connectivity index is 2.52. The van der Waals surface area contributed by atoms with Crippen molar-refractivity contribution in [3.05, 3.63) is 59.7 Å². The number of benzene rings is 2. The predicted molar refractivity (Wildman–Crippen MR) is 67.4 cm³/mol. The molecule has 2 heteroatoms. The second-order valence-corrected chi connectivity index (χ2v) is 3.85. The first-order chi connectivity index (χ1) is 8.36. The van der Waals surface area contributed by atoms with Gasteiger partial charge in [0.05, 0.1) is 6.61 Å². The summed E-state index contributed by atoms with van der Waals surface area (Å²) in [6.07, 6.45) is 0.579. The van der Waals surface area contributed by atoms with Gasteiger partial charge in [0.15, 0.2) is 0 Å². The summed E-state index contributed by atoms with van der Waals surface area (Å²) in [5.41, 5.74) is 3.92. The van der Waals surface area contributed by atoms with Crippen molar-refractivity contribution in [1.82, 2.24) is 0 Å². The molecule has 2 nitrogen and oxygen atoms in total.